The Morgan fingerprint density at radius 2 is 1.94 bits per heavy atom. The lowest BCUT2D eigenvalue weighted by molar-refractivity contribution is 0.101. The van der Waals surface area contributed by atoms with Crippen LogP contribution in [0.2, 0.25) is 0 Å². The molecular formula is C13H16N4O. The molecule has 1 amide bonds. The Kier molecular flexibility index (Phi) is 3.06. The summed E-state index contributed by atoms with van der Waals surface area (Å²) < 4.78 is 1.54. The van der Waals surface area contributed by atoms with E-state index < -0.39 is 0 Å². The molecule has 2 rings (SSSR count). The number of amides is 1. The molecule has 18 heavy (non-hydrogen) atoms. The smallest absolute Gasteiger partial charge is 0.273 e. The third-order valence-corrected chi connectivity index (χ3v) is 2.85. The molecule has 0 saturated heterocycles. The molecule has 1 heterocycles. The van der Waals surface area contributed by atoms with Crippen molar-refractivity contribution < 1.29 is 4.79 Å². The summed E-state index contributed by atoms with van der Waals surface area (Å²) >= 11 is 0. The van der Waals surface area contributed by atoms with Crippen molar-refractivity contribution in [1.29, 1.82) is 0 Å². The van der Waals surface area contributed by atoms with Gasteiger partial charge in [0.25, 0.3) is 5.91 Å². The second kappa shape index (κ2) is 4.52. The van der Waals surface area contributed by atoms with Crippen molar-refractivity contribution in [1.82, 2.24) is 9.78 Å². The molecule has 0 radical (unpaired) electrons. The first-order chi connectivity index (χ1) is 8.49. The molecule has 2 aromatic rings. The molecule has 1 aromatic heterocycles. The molecule has 0 atom stereocenters. The van der Waals surface area contributed by atoms with E-state index in [0.717, 1.165) is 16.8 Å². The first-order valence-electron chi connectivity index (χ1n) is 5.65. The first kappa shape index (κ1) is 12.2. The van der Waals surface area contributed by atoms with E-state index in [-0.39, 0.29) is 5.91 Å². The van der Waals surface area contributed by atoms with Crippen LogP contribution in [0.3, 0.4) is 0 Å². The van der Waals surface area contributed by atoms with Gasteiger partial charge in [0.2, 0.25) is 0 Å². The summed E-state index contributed by atoms with van der Waals surface area (Å²) in [7, 11) is 1.73. The maximum atomic E-state index is 12.1. The molecule has 0 spiro atoms. The molecule has 0 aliphatic carbocycles. The number of nitrogen functional groups attached to an aromatic ring is 1. The lowest BCUT2D eigenvalue weighted by Crippen LogP contribution is -2.17. The number of hydrogen-bond acceptors (Lipinski definition) is 3. The highest BCUT2D eigenvalue weighted by molar-refractivity contribution is 6.04. The summed E-state index contributed by atoms with van der Waals surface area (Å²) in [6, 6.07) is 5.36. The molecular weight excluding hydrogens is 228 g/mol. The number of aromatic nitrogens is 2. The van der Waals surface area contributed by atoms with Gasteiger partial charge >= 0.3 is 0 Å². The van der Waals surface area contributed by atoms with Crippen LogP contribution in [-0.2, 0) is 7.05 Å². The molecule has 0 aliphatic rings. The Bertz CT molecular complexity index is 578. The van der Waals surface area contributed by atoms with E-state index in [1.54, 1.807) is 19.3 Å². The fourth-order valence-electron chi connectivity index (χ4n) is 1.97. The number of nitrogens with two attached hydrogens (primary N) is 1. The minimum absolute atomic E-state index is 0.175. The third kappa shape index (κ3) is 2.20. The fraction of sp³-hybridized carbons (Fsp3) is 0.231. The minimum Gasteiger partial charge on any atom is -0.399 e. The van der Waals surface area contributed by atoms with Crippen LogP contribution in [0.15, 0.2) is 24.4 Å². The van der Waals surface area contributed by atoms with E-state index >= 15 is 0 Å². The summed E-state index contributed by atoms with van der Waals surface area (Å²) in [6.07, 6.45) is 1.59. The normalized spacial score (nSPS) is 10.4. The van der Waals surface area contributed by atoms with Gasteiger partial charge in [0.15, 0.2) is 0 Å². The van der Waals surface area contributed by atoms with Crippen LogP contribution in [0.5, 0.6) is 0 Å². The van der Waals surface area contributed by atoms with Crippen molar-refractivity contribution in [2.75, 3.05) is 11.1 Å². The van der Waals surface area contributed by atoms with Gasteiger partial charge in [-0.25, -0.2) is 0 Å². The van der Waals surface area contributed by atoms with Crippen molar-refractivity contribution in [3.05, 3.63) is 41.2 Å². The summed E-state index contributed by atoms with van der Waals surface area (Å²) in [4.78, 5) is 12.1. The monoisotopic (exact) mass is 244 g/mol. The van der Waals surface area contributed by atoms with Crippen molar-refractivity contribution in [2.45, 2.75) is 13.8 Å². The van der Waals surface area contributed by atoms with Gasteiger partial charge in [0, 0.05) is 24.6 Å². The Labute approximate surface area is 106 Å². The molecule has 0 fully saturated rings. The molecule has 94 valence electrons. The maximum absolute atomic E-state index is 12.1. The minimum atomic E-state index is -0.175. The molecule has 5 heteroatoms. The largest absolute Gasteiger partial charge is 0.399 e. The predicted molar refractivity (Wildman–Crippen MR) is 71.5 cm³/mol. The van der Waals surface area contributed by atoms with Gasteiger partial charge in [0.1, 0.15) is 5.69 Å². The second-order valence-corrected chi connectivity index (χ2v) is 4.32. The van der Waals surface area contributed by atoms with Gasteiger partial charge in [-0.3, -0.25) is 9.48 Å². The van der Waals surface area contributed by atoms with E-state index in [2.05, 4.69) is 10.4 Å². The number of benzene rings is 1. The van der Waals surface area contributed by atoms with Gasteiger partial charge in [-0.15, -0.1) is 0 Å². The second-order valence-electron chi connectivity index (χ2n) is 4.32. The number of rotatable bonds is 2. The van der Waals surface area contributed by atoms with E-state index in [9.17, 15) is 4.79 Å². The molecule has 5 nitrogen and oxygen atoms in total. The Balaban J connectivity index is 2.31. The number of nitrogens with zero attached hydrogens (tertiary/aromatic N) is 2. The van der Waals surface area contributed by atoms with Gasteiger partial charge in [-0.2, -0.15) is 5.10 Å². The number of carbonyl (C=O) groups is 1. The summed E-state index contributed by atoms with van der Waals surface area (Å²) in [5, 5.41) is 6.87. The zero-order chi connectivity index (χ0) is 13.3. The van der Waals surface area contributed by atoms with Gasteiger partial charge in [-0.05, 0) is 43.2 Å². The van der Waals surface area contributed by atoms with Gasteiger partial charge in [0.05, 0.1) is 0 Å². The van der Waals surface area contributed by atoms with Gasteiger partial charge < -0.3 is 11.1 Å². The number of carbonyl (C=O) groups excluding carboxylic acids is 1. The maximum Gasteiger partial charge on any atom is 0.273 e. The zero-order valence-electron chi connectivity index (χ0n) is 10.7. The molecule has 1 aromatic carbocycles. The average molecular weight is 244 g/mol. The molecule has 0 aliphatic heterocycles. The Morgan fingerprint density at radius 3 is 2.44 bits per heavy atom. The van der Waals surface area contributed by atoms with Crippen molar-refractivity contribution in [3.63, 3.8) is 0 Å². The van der Waals surface area contributed by atoms with Crippen LogP contribution in [0.25, 0.3) is 0 Å². The summed E-state index contributed by atoms with van der Waals surface area (Å²) in [5.74, 6) is -0.175. The topological polar surface area (TPSA) is 72.9 Å². The number of aryl methyl sites for hydroxylation is 3. The van der Waals surface area contributed by atoms with Crippen LogP contribution in [0, 0.1) is 13.8 Å². The van der Waals surface area contributed by atoms with Crippen LogP contribution in [0.1, 0.15) is 21.6 Å². The highest BCUT2D eigenvalue weighted by Gasteiger charge is 2.13. The van der Waals surface area contributed by atoms with Gasteiger partial charge in [-0.1, -0.05) is 0 Å². The van der Waals surface area contributed by atoms with E-state index in [1.807, 2.05) is 26.0 Å². The summed E-state index contributed by atoms with van der Waals surface area (Å²) in [5.41, 5.74) is 9.66. The standard InChI is InChI=1S/C13H16N4O/c1-8-6-10(14)7-9(2)12(8)16-13(18)11-4-5-15-17(11)3/h4-7H,14H2,1-3H3,(H,16,18). The molecule has 0 saturated carbocycles. The van der Waals surface area contributed by atoms with E-state index in [0.29, 0.717) is 11.4 Å². The lowest BCUT2D eigenvalue weighted by Gasteiger charge is -2.12. The summed E-state index contributed by atoms with van der Waals surface area (Å²) in [6.45, 7) is 3.84. The zero-order valence-corrected chi connectivity index (χ0v) is 10.7. The van der Waals surface area contributed by atoms with Crippen molar-refractivity contribution >= 4 is 17.3 Å². The van der Waals surface area contributed by atoms with E-state index in [1.165, 1.54) is 4.68 Å². The number of anilines is 2. The fourth-order valence-corrected chi connectivity index (χ4v) is 1.97. The van der Waals surface area contributed by atoms with Crippen LogP contribution in [-0.4, -0.2) is 15.7 Å². The molecule has 0 bridgehead atoms. The Morgan fingerprint density at radius 1 is 1.33 bits per heavy atom. The van der Waals surface area contributed by atoms with E-state index in [4.69, 9.17) is 5.73 Å². The number of nitrogens with one attached hydrogen (secondary N) is 1. The van der Waals surface area contributed by atoms with Crippen LogP contribution < -0.4 is 11.1 Å². The highest BCUT2D eigenvalue weighted by atomic mass is 16.2. The first-order valence-corrected chi connectivity index (χ1v) is 5.65. The third-order valence-electron chi connectivity index (χ3n) is 2.85. The lowest BCUT2D eigenvalue weighted by atomic mass is 10.1. The average Bonchev–Trinajstić information content (AvgIpc) is 2.69. The quantitative estimate of drug-likeness (QED) is 0.792. The van der Waals surface area contributed by atoms with Crippen molar-refractivity contribution in [3.8, 4) is 0 Å². The highest BCUT2D eigenvalue weighted by Crippen LogP contribution is 2.23. The van der Waals surface area contributed by atoms with Crippen molar-refractivity contribution in [2.24, 2.45) is 7.05 Å². The predicted octanol–water partition coefficient (Wildman–Crippen LogP) is 1.87. The van der Waals surface area contributed by atoms with Crippen LogP contribution >= 0.6 is 0 Å². The Hall–Kier alpha value is -2.30. The number of hydrogen-bond donors (Lipinski definition) is 2. The molecule has 0 unspecified atom stereocenters. The molecule has 3 N–H and O–H groups in total. The SMILES string of the molecule is Cc1cc(N)cc(C)c1NC(=O)c1ccnn1C. The van der Waals surface area contributed by atoms with Crippen LogP contribution in [0.4, 0.5) is 11.4 Å².